The minimum Gasteiger partial charge on any atom is -0.444 e. The van der Waals surface area contributed by atoms with Gasteiger partial charge in [-0.1, -0.05) is 16.1 Å². The van der Waals surface area contributed by atoms with Crippen molar-refractivity contribution in [3.05, 3.63) is 10.0 Å². The number of carbonyl (C=O) groups excluding carboxylic acids is 1. The zero-order chi connectivity index (χ0) is 15.5. The van der Waals surface area contributed by atoms with Gasteiger partial charge in [0.2, 0.25) is 0 Å². The molecule has 0 bridgehead atoms. The Labute approximate surface area is 134 Å². The number of carbonyl (C=O) groups is 1. The maximum absolute atomic E-state index is 11.7. The van der Waals surface area contributed by atoms with Crippen LogP contribution in [-0.4, -0.2) is 45.3 Å². The molecule has 1 amide bonds. The number of hydrogen-bond acceptors (Lipinski definition) is 6. The van der Waals surface area contributed by atoms with Crippen molar-refractivity contribution in [1.29, 1.82) is 0 Å². The molecule has 0 saturated carbocycles. The SMILES string of the molecule is CC(C)(C)OC(=O)NC1CCN(Cc2nnsc2Cl)CC1. The number of halogens is 1. The first-order valence-electron chi connectivity index (χ1n) is 7.02. The van der Waals surface area contributed by atoms with E-state index in [-0.39, 0.29) is 12.1 Å². The van der Waals surface area contributed by atoms with Crippen molar-refractivity contribution in [2.75, 3.05) is 13.1 Å². The minimum atomic E-state index is -0.459. The molecule has 1 aliphatic heterocycles. The summed E-state index contributed by atoms with van der Waals surface area (Å²) in [6.45, 7) is 8.10. The first-order chi connectivity index (χ1) is 9.83. The maximum Gasteiger partial charge on any atom is 0.407 e. The summed E-state index contributed by atoms with van der Waals surface area (Å²) in [5.74, 6) is 0. The van der Waals surface area contributed by atoms with Gasteiger partial charge < -0.3 is 10.1 Å². The van der Waals surface area contributed by atoms with Crippen LogP contribution < -0.4 is 5.32 Å². The number of hydrogen-bond donors (Lipinski definition) is 1. The van der Waals surface area contributed by atoms with E-state index in [4.69, 9.17) is 16.3 Å². The lowest BCUT2D eigenvalue weighted by Crippen LogP contribution is -2.45. The average molecular weight is 333 g/mol. The quantitative estimate of drug-likeness (QED) is 0.921. The lowest BCUT2D eigenvalue weighted by Gasteiger charge is -2.32. The van der Waals surface area contributed by atoms with E-state index in [2.05, 4.69) is 19.8 Å². The number of likely N-dealkylation sites (tertiary alicyclic amines) is 1. The van der Waals surface area contributed by atoms with Crippen molar-refractivity contribution in [2.24, 2.45) is 0 Å². The van der Waals surface area contributed by atoms with Crippen molar-refractivity contribution in [3.8, 4) is 0 Å². The predicted molar refractivity (Wildman–Crippen MR) is 82.6 cm³/mol. The van der Waals surface area contributed by atoms with Crippen LogP contribution in [0.3, 0.4) is 0 Å². The third-order valence-corrected chi connectivity index (χ3v) is 4.18. The molecule has 8 heteroatoms. The van der Waals surface area contributed by atoms with Gasteiger partial charge in [0.1, 0.15) is 15.6 Å². The highest BCUT2D eigenvalue weighted by Gasteiger charge is 2.24. The van der Waals surface area contributed by atoms with Gasteiger partial charge in [0.05, 0.1) is 0 Å². The third kappa shape index (κ3) is 5.41. The first-order valence-corrected chi connectivity index (χ1v) is 8.17. The number of alkyl carbamates (subject to hydrolysis) is 1. The van der Waals surface area contributed by atoms with Gasteiger partial charge in [0, 0.05) is 37.2 Å². The topological polar surface area (TPSA) is 67.3 Å². The summed E-state index contributed by atoms with van der Waals surface area (Å²) in [5.41, 5.74) is 0.374. The molecule has 2 rings (SSSR count). The van der Waals surface area contributed by atoms with Crippen molar-refractivity contribution >= 4 is 29.2 Å². The Balaban J connectivity index is 1.73. The van der Waals surface area contributed by atoms with E-state index < -0.39 is 5.60 Å². The van der Waals surface area contributed by atoms with Gasteiger partial charge in [-0.05, 0) is 33.6 Å². The largest absolute Gasteiger partial charge is 0.444 e. The van der Waals surface area contributed by atoms with Crippen molar-refractivity contribution in [3.63, 3.8) is 0 Å². The lowest BCUT2D eigenvalue weighted by molar-refractivity contribution is 0.0477. The third-order valence-electron chi connectivity index (χ3n) is 3.19. The number of amides is 1. The number of nitrogens with one attached hydrogen (secondary N) is 1. The molecule has 21 heavy (non-hydrogen) atoms. The summed E-state index contributed by atoms with van der Waals surface area (Å²) in [6.07, 6.45) is 1.45. The van der Waals surface area contributed by atoms with E-state index in [1.54, 1.807) is 0 Å². The fraction of sp³-hybridized carbons (Fsp3) is 0.769. The van der Waals surface area contributed by atoms with Crippen LogP contribution in [0.4, 0.5) is 4.79 Å². The van der Waals surface area contributed by atoms with Crippen molar-refractivity contribution < 1.29 is 9.53 Å². The Bertz CT molecular complexity index is 481. The minimum absolute atomic E-state index is 0.167. The molecule has 0 aliphatic carbocycles. The summed E-state index contributed by atoms with van der Waals surface area (Å²) < 4.78 is 9.76. The molecule has 0 aromatic carbocycles. The van der Waals surface area contributed by atoms with Crippen LogP contribution in [0.25, 0.3) is 0 Å². The van der Waals surface area contributed by atoms with Crippen LogP contribution in [0.1, 0.15) is 39.3 Å². The molecular formula is C13H21ClN4O2S. The van der Waals surface area contributed by atoms with E-state index in [0.29, 0.717) is 10.9 Å². The number of nitrogens with zero attached hydrogens (tertiary/aromatic N) is 3. The second-order valence-electron chi connectivity index (χ2n) is 6.19. The molecule has 1 fully saturated rings. The maximum atomic E-state index is 11.7. The molecule has 0 spiro atoms. The Morgan fingerprint density at radius 2 is 2.14 bits per heavy atom. The summed E-state index contributed by atoms with van der Waals surface area (Å²) in [7, 11) is 0. The van der Waals surface area contributed by atoms with Crippen LogP contribution >= 0.6 is 23.1 Å². The summed E-state index contributed by atoms with van der Waals surface area (Å²) in [6, 6.07) is 0.167. The predicted octanol–water partition coefficient (Wildman–Crippen LogP) is 2.68. The number of piperidine rings is 1. The van der Waals surface area contributed by atoms with Gasteiger partial charge in [-0.2, -0.15) is 0 Å². The Kier molecular flexibility index (Phi) is 5.40. The van der Waals surface area contributed by atoms with Gasteiger partial charge in [-0.3, -0.25) is 4.90 Å². The van der Waals surface area contributed by atoms with Crippen molar-refractivity contribution in [1.82, 2.24) is 19.8 Å². The number of rotatable bonds is 3. The molecule has 1 N–H and O–H groups in total. The molecule has 6 nitrogen and oxygen atoms in total. The first kappa shape index (κ1) is 16.5. The van der Waals surface area contributed by atoms with Crippen LogP contribution in [0.2, 0.25) is 4.34 Å². The second kappa shape index (κ2) is 6.89. The second-order valence-corrected chi connectivity index (χ2v) is 7.55. The van der Waals surface area contributed by atoms with Gasteiger partial charge in [-0.25, -0.2) is 4.79 Å². The number of aromatic nitrogens is 2. The smallest absolute Gasteiger partial charge is 0.407 e. The van der Waals surface area contributed by atoms with Crippen LogP contribution in [0.15, 0.2) is 0 Å². The van der Waals surface area contributed by atoms with Crippen LogP contribution in [-0.2, 0) is 11.3 Å². The highest BCUT2D eigenvalue weighted by Crippen LogP contribution is 2.21. The highest BCUT2D eigenvalue weighted by molar-refractivity contribution is 7.10. The molecule has 1 saturated heterocycles. The van der Waals surface area contributed by atoms with E-state index in [9.17, 15) is 4.79 Å². The molecule has 2 heterocycles. The molecule has 1 aromatic heterocycles. The summed E-state index contributed by atoms with van der Waals surface area (Å²) >= 11 is 7.22. The molecule has 1 aromatic rings. The monoisotopic (exact) mass is 332 g/mol. The fourth-order valence-corrected chi connectivity index (χ4v) is 2.82. The zero-order valence-corrected chi connectivity index (χ0v) is 14.1. The molecule has 0 unspecified atom stereocenters. The average Bonchev–Trinajstić information content (AvgIpc) is 2.75. The van der Waals surface area contributed by atoms with E-state index in [0.717, 1.165) is 31.6 Å². The summed E-state index contributed by atoms with van der Waals surface area (Å²) in [4.78, 5) is 14.0. The molecule has 118 valence electrons. The molecular weight excluding hydrogens is 312 g/mol. The van der Waals surface area contributed by atoms with Crippen LogP contribution in [0.5, 0.6) is 0 Å². The Morgan fingerprint density at radius 1 is 1.48 bits per heavy atom. The molecule has 1 aliphatic rings. The van der Waals surface area contributed by atoms with Gasteiger partial charge >= 0.3 is 6.09 Å². The van der Waals surface area contributed by atoms with E-state index in [1.165, 1.54) is 11.5 Å². The fourth-order valence-electron chi connectivity index (χ4n) is 2.21. The lowest BCUT2D eigenvalue weighted by atomic mass is 10.1. The summed E-state index contributed by atoms with van der Waals surface area (Å²) in [5, 5.41) is 6.95. The van der Waals surface area contributed by atoms with Gasteiger partial charge in [-0.15, -0.1) is 5.10 Å². The Morgan fingerprint density at radius 3 is 2.67 bits per heavy atom. The Hall–Kier alpha value is -0.920. The van der Waals surface area contributed by atoms with Gasteiger partial charge in [0.25, 0.3) is 0 Å². The van der Waals surface area contributed by atoms with E-state index >= 15 is 0 Å². The zero-order valence-electron chi connectivity index (χ0n) is 12.6. The number of ether oxygens (including phenoxy) is 1. The standard InChI is InChI=1S/C13H21ClN4O2S/c1-13(2,3)20-12(19)15-9-4-6-18(7-5-9)8-10-11(14)21-17-16-10/h9H,4-8H2,1-3H3,(H,15,19). The normalized spacial score (nSPS) is 17.7. The van der Waals surface area contributed by atoms with Crippen molar-refractivity contribution in [2.45, 2.75) is 51.8 Å². The molecule has 0 atom stereocenters. The van der Waals surface area contributed by atoms with E-state index in [1.807, 2.05) is 20.8 Å². The molecule has 0 radical (unpaired) electrons. The van der Waals surface area contributed by atoms with Gasteiger partial charge in [0.15, 0.2) is 0 Å². The van der Waals surface area contributed by atoms with Crippen LogP contribution in [0, 0.1) is 0 Å². The highest BCUT2D eigenvalue weighted by atomic mass is 35.5.